The number of para-hydroxylation sites is 3. The van der Waals surface area contributed by atoms with Crippen LogP contribution in [-0.4, -0.2) is 36.1 Å². The van der Waals surface area contributed by atoms with E-state index in [0.29, 0.717) is 18.1 Å². The molecule has 5 heteroatoms. The molecule has 0 saturated carbocycles. The molecule has 4 aromatic rings. The van der Waals surface area contributed by atoms with Gasteiger partial charge >= 0.3 is 0 Å². The van der Waals surface area contributed by atoms with Crippen LogP contribution in [0.1, 0.15) is 43.4 Å². The van der Waals surface area contributed by atoms with Gasteiger partial charge in [-0.05, 0) is 56.9 Å². The second-order valence-corrected chi connectivity index (χ2v) is 8.75. The first-order valence-corrected chi connectivity index (χ1v) is 11.0. The maximum absolute atomic E-state index is 4.82. The van der Waals surface area contributed by atoms with Gasteiger partial charge < -0.3 is 9.13 Å². The first-order valence-electron chi connectivity index (χ1n) is 11.0. The third-order valence-electron chi connectivity index (χ3n) is 7.07. The van der Waals surface area contributed by atoms with Crippen LogP contribution in [0.5, 0.6) is 0 Å². The van der Waals surface area contributed by atoms with Gasteiger partial charge in [-0.1, -0.05) is 30.3 Å². The molecule has 2 aliphatic heterocycles. The van der Waals surface area contributed by atoms with Crippen molar-refractivity contribution in [3.8, 4) is 5.69 Å². The Morgan fingerprint density at radius 1 is 0.900 bits per heavy atom. The van der Waals surface area contributed by atoms with Gasteiger partial charge in [0.15, 0.2) is 0 Å². The van der Waals surface area contributed by atoms with E-state index in [9.17, 15) is 0 Å². The monoisotopic (exact) mass is 397 g/mol. The fraction of sp³-hybridized carbons (Fsp3) is 0.360. The summed E-state index contributed by atoms with van der Waals surface area (Å²) in [5.41, 5.74) is 3.59. The van der Waals surface area contributed by atoms with Crippen LogP contribution in [0.2, 0.25) is 0 Å². The summed E-state index contributed by atoms with van der Waals surface area (Å²) in [5.74, 6) is 2.29. The van der Waals surface area contributed by atoms with Crippen LogP contribution in [0.15, 0.2) is 67.0 Å². The summed E-state index contributed by atoms with van der Waals surface area (Å²) in [6.45, 7) is 3.08. The molecule has 0 aliphatic carbocycles. The molecule has 2 aromatic heterocycles. The van der Waals surface area contributed by atoms with Crippen LogP contribution in [0.3, 0.4) is 0 Å². The molecule has 3 atom stereocenters. The van der Waals surface area contributed by atoms with Crippen molar-refractivity contribution in [1.82, 2.24) is 24.0 Å². The number of aromatic nitrogens is 4. The van der Waals surface area contributed by atoms with Gasteiger partial charge in [0.25, 0.3) is 0 Å². The van der Waals surface area contributed by atoms with E-state index >= 15 is 0 Å². The summed E-state index contributed by atoms with van der Waals surface area (Å²) in [6.07, 6.45) is 8.99. The molecule has 0 spiro atoms. The Bertz CT molecular complexity index is 1160. The van der Waals surface area contributed by atoms with Crippen molar-refractivity contribution < 1.29 is 0 Å². The summed E-state index contributed by atoms with van der Waals surface area (Å²) in [4.78, 5) is 12.2. The quantitative estimate of drug-likeness (QED) is 0.492. The summed E-state index contributed by atoms with van der Waals surface area (Å²) in [6, 6.07) is 20.9. The van der Waals surface area contributed by atoms with Gasteiger partial charge in [-0.25, -0.2) is 9.97 Å². The van der Waals surface area contributed by atoms with E-state index in [0.717, 1.165) is 23.7 Å². The smallest absolute Gasteiger partial charge is 0.127 e. The predicted octanol–water partition coefficient (Wildman–Crippen LogP) is 4.90. The minimum Gasteiger partial charge on any atom is -0.325 e. The molecule has 0 N–H and O–H groups in total. The van der Waals surface area contributed by atoms with Gasteiger partial charge in [0, 0.05) is 36.2 Å². The molecule has 2 aromatic carbocycles. The first kappa shape index (κ1) is 17.9. The van der Waals surface area contributed by atoms with Crippen LogP contribution in [0.4, 0.5) is 0 Å². The minimum atomic E-state index is 0.542. The molecule has 0 amide bonds. The standard InChI is InChI=1S/C25H27N5/c1-18-27-23-9-5-6-10-24(23)30(18)22-15-20-11-12-21(16-22)29(20)17-25-26-13-14-28(25)19-7-3-2-4-8-19/h2-10,13-14,20-22H,11-12,15-17H2,1H3/t20-,21+,22?. The number of rotatable bonds is 4. The number of aryl methyl sites for hydroxylation is 1. The lowest BCUT2D eigenvalue weighted by atomic mass is 9.96. The Hall–Kier alpha value is -2.92. The second kappa shape index (κ2) is 7.10. The largest absolute Gasteiger partial charge is 0.325 e. The number of piperidine rings is 1. The fourth-order valence-corrected chi connectivity index (χ4v) is 5.78. The molecule has 4 heterocycles. The van der Waals surface area contributed by atoms with Crippen molar-refractivity contribution in [2.75, 3.05) is 0 Å². The zero-order valence-corrected chi connectivity index (χ0v) is 17.4. The minimum absolute atomic E-state index is 0.542. The summed E-state index contributed by atoms with van der Waals surface area (Å²) in [5, 5.41) is 0. The average molecular weight is 398 g/mol. The SMILES string of the molecule is Cc1nc2ccccc2n1C1C[C@H]2CC[C@@H](C1)N2Cc1nccn1-c1ccccc1. The van der Waals surface area contributed by atoms with Gasteiger partial charge in [0.2, 0.25) is 0 Å². The number of hydrogen-bond donors (Lipinski definition) is 0. The van der Waals surface area contributed by atoms with Crippen molar-refractivity contribution in [1.29, 1.82) is 0 Å². The van der Waals surface area contributed by atoms with E-state index in [-0.39, 0.29) is 0 Å². The number of hydrogen-bond acceptors (Lipinski definition) is 3. The van der Waals surface area contributed by atoms with E-state index in [2.05, 4.69) is 81.8 Å². The van der Waals surface area contributed by atoms with Crippen LogP contribution in [-0.2, 0) is 6.54 Å². The Kier molecular flexibility index (Phi) is 4.23. The Morgan fingerprint density at radius 3 is 2.43 bits per heavy atom. The van der Waals surface area contributed by atoms with Crippen molar-refractivity contribution in [3.05, 3.63) is 78.6 Å². The lowest BCUT2D eigenvalue weighted by molar-refractivity contribution is 0.0967. The lowest BCUT2D eigenvalue weighted by Crippen LogP contribution is -2.43. The van der Waals surface area contributed by atoms with E-state index in [4.69, 9.17) is 9.97 Å². The topological polar surface area (TPSA) is 38.9 Å². The van der Waals surface area contributed by atoms with E-state index < -0.39 is 0 Å². The van der Waals surface area contributed by atoms with Crippen molar-refractivity contribution in [2.24, 2.45) is 0 Å². The second-order valence-electron chi connectivity index (χ2n) is 8.75. The average Bonchev–Trinajstić information content (AvgIpc) is 3.43. The molecule has 30 heavy (non-hydrogen) atoms. The molecule has 2 fully saturated rings. The lowest BCUT2D eigenvalue weighted by Gasteiger charge is -2.39. The number of fused-ring (bicyclic) bond motifs is 3. The molecular weight excluding hydrogens is 370 g/mol. The van der Waals surface area contributed by atoms with E-state index in [1.165, 1.54) is 36.9 Å². The first-order chi connectivity index (χ1) is 14.8. The van der Waals surface area contributed by atoms with Crippen LogP contribution in [0, 0.1) is 6.92 Å². The number of imidazole rings is 2. The molecule has 5 nitrogen and oxygen atoms in total. The maximum atomic E-state index is 4.82. The van der Waals surface area contributed by atoms with Gasteiger partial charge in [-0.3, -0.25) is 4.90 Å². The zero-order valence-electron chi connectivity index (χ0n) is 17.4. The molecule has 1 unspecified atom stereocenters. The van der Waals surface area contributed by atoms with Gasteiger partial charge in [0.1, 0.15) is 11.6 Å². The number of nitrogens with zero attached hydrogens (tertiary/aromatic N) is 5. The highest BCUT2D eigenvalue weighted by Crippen LogP contribution is 2.43. The summed E-state index contributed by atoms with van der Waals surface area (Å²) >= 11 is 0. The number of benzene rings is 2. The van der Waals surface area contributed by atoms with Crippen LogP contribution < -0.4 is 0 Å². The molecule has 6 rings (SSSR count). The van der Waals surface area contributed by atoms with Gasteiger partial charge in [-0.15, -0.1) is 0 Å². The Labute approximate surface area is 177 Å². The highest BCUT2D eigenvalue weighted by molar-refractivity contribution is 5.76. The van der Waals surface area contributed by atoms with E-state index in [1.54, 1.807) is 0 Å². The Balaban J connectivity index is 1.26. The molecule has 2 aliphatic rings. The van der Waals surface area contributed by atoms with Crippen molar-refractivity contribution in [3.63, 3.8) is 0 Å². The van der Waals surface area contributed by atoms with Crippen LogP contribution in [0.25, 0.3) is 16.7 Å². The highest BCUT2D eigenvalue weighted by atomic mass is 15.3. The highest BCUT2D eigenvalue weighted by Gasteiger charge is 2.42. The van der Waals surface area contributed by atoms with E-state index in [1.807, 2.05) is 6.20 Å². The fourth-order valence-electron chi connectivity index (χ4n) is 5.78. The van der Waals surface area contributed by atoms with Gasteiger partial charge in [-0.2, -0.15) is 0 Å². The molecule has 152 valence electrons. The maximum Gasteiger partial charge on any atom is 0.127 e. The normalized spacial score (nSPS) is 24.0. The van der Waals surface area contributed by atoms with Gasteiger partial charge in [0.05, 0.1) is 17.6 Å². The third-order valence-corrected chi connectivity index (χ3v) is 7.07. The Morgan fingerprint density at radius 2 is 1.63 bits per heavy atom. The van der Waals surface area contributed by atoms with Crippen LogP contribution >= 0.6 is 0 Å². The molecular formula is C25H27N5. The predicted molar refractivity (Wildman–Crippen MR) is 119 cm³/mol. The molecule has 2 bridgehead atoms. The molecule has 2 saturated heterocycles. The zero-order chi connectivity index (χ0) is 20.1. The van der Waals surface area contributed by atoms with Crippen molar-refractivity contribution in [2.45, 2.75) is 57.3 Å². The summed E-state index contributed by atoms with van der Waals surface area (Å²) < 4.78 is 4.74. The summed E-state index contributed by atoms with van der Waals surface area (Å²) in [7, 11) is 0. The molecule has 0 radical (unpaired) electrons. The third kappa shape index (κ3) is 2.88. The van der Waals surface area contributed by atoms with Crippen molar-refractivity contribution >= 4 is 11.0 Å².